The predicted molar refractivity (Wildman–Crippen MR) is 268 cm³/mol. The summed E-state index contributed by atoms with van der Waals surface area (Å²) in [6, 6.07) is -1.16. The first kappa shape index (κ1) is 60.2. The van der Waals surface area contributed by atoms with Crippen LogP contribution in [-0.4, -0.2) is 127 Å². The summed E-state index contributed by atoms with van der Waals surface area (Å²) in [7, 11) is 4.52. The molecule has 0 bridgehead atoms. The molecule has 0 aromatic rings. The van der Waals surface area contributed by atoms with E-state index in [2.05, 4.69) is 5.32 Å². The van der Waals surface area contributed by atoms with Gasteiger partial charge in [0.2, 0.25) is 5.78 Å². The Morgan fingerprint density at radius 3 is 2.24 bits per heavy atom. The lowest BCUT2D eigenvalue weighted by atomic mass is 9.84. The lowest BCUT2D eigenvalue weighted by Gasteiger charge is -2.36. The Kier molecular flexibility index (Phi) is 24.8. The number of amides is 1. The van der Waals surface area contributed by atoms with Crippen LogP contribution in [0, 0.1) is 35.0 Å². The molecule has 394 valence electrons. The van der Waals surface area contributed by atoms with Gasteiger partial charge in [0.05, 0.1) is 24.2 Å². The molecule has 0 aromatic carbocycles. The van der Waals surface area contributed by atoms with E-state index < -0.39 is 77.2 Å². The Morgan fingerprint density at radius 2 is 1.61 bits per heavy atom. The SMILES string of the molecule is CCC(C)(C)C(=O)C(=O)N1CCCCC1C(=O)OC(=CC(=O)C(C)=CC(C)C(O)C(OC)C(=O)C(C)C[C@H](C)C=CC=CC=C(C)C(CC1CCC(C)C(=O)O1)OC)C(C)CC1CCC(O)C(OC)N1. The summed E-state index contributed by atoms with van der Waals surface area (Å²) in [5.74, 6) is -4.56. The van der Waals surface area contributed by atoms with Gasteiger partial charge in [-0.3, -0.25) is 29.3 Å². The number of Topliss-reactive ketones (excluding diaryl/α,β-unsaturated/α-hetero) is 2. The molecule has 3 N–H and O–H groups in total. The number of methoxy groups -OCH3 is 3. The third kappa shape index (κ3) is 17.6. The summed E-state index contributed by atoms with van der Waals surface area (Å²) in [6.07, 6.45) is 14.8. The van der Waals surface area contributed by atoms with E-state index in [4.69, 9.17) is 23.7 Å². The molecule has 70 heavy (non-hydrogen) atoms. The number of piperidine rings is 2. The largest absolute Gasteiger partial charge is 0.462 e. The first-order valence-electron chi connectivity index (χ1n) is 25.5. The monoisotopic (exact) mass is 983 g/mol. The number of rotatable bonds is 26. The normalized spacial score (nSPS) is 26.2. The number of hydrogen-bond donors (Lipinski definition) is 3. The predicted octanol–water partition coefficient (Wildman–Crippen LogP) is 7.48. The molecule has 0 aliphatic carbocycles. The Bertz CT molecular complexity index is 1930. The van der Waals surface area contributed by atoms with E-state index in [0.717, 1.165) is 18.4 Å². The Balaban J connectivity index is 1.72. The fraction of sp³-hybridized carbons (Fsp3) is 0.709. The van der Waals surface area contributed by atoms with Crippen molar-refractivity contribution in [3.8, 4) is 0 Å². The summed E-state index contributed by atoms with van der Waals surface area (Å²) in [5, 5.41) is 25.2. The molecule has 13 atom stereocenters. The van der Waals surface area contributed by atoms with Gasteiger partial charge in [0.15, 0.2) is 11.6 Å². The van der Waals surface area contributed by atoms with Crippen molar-refractivity contribution in [2.45, 2.75) is 189 Å². The highest BCUT2D eigenvalue weighted by Crippen LogP contribution is 2.30. The van der Waals surface area contributed by atoms with Crippen LogP contribution in [0.2, 0.25) is 0 Å². The smallest absolute Gasteiger partial charge is 0.333 e. The maximum absolute atomic E-state index is 14.0. The zero-order chi connectivity index (χ0) is 52.5. The van der Waals surface area contributed by atoms with Crippen LogP contribution in [-0.2, 0) is 52.5 Å². The minimum Gasteiger partial charge on any atom is -0.462 e. The van der Waals surface area contributed by atoms with Crippen LogP contribution in [0.15, 0.2) is 59.4 Å². The van der Waals surface area contributed by atoms with Gasteiger partial charge < -0.3 is 38.8 Å². The standard InChI is InChI=1S/C55H86N2O13/c1-14-55(9,10)50(62)52(63)57-27-19-18-22-42(57)54(65)70-46(37(6)30-40-24-26-43(58)51(56-40)68-13)32-44(59)36(5)29-39(8)48(61)49(67-12)47(60)38(7)28-33(2)20-16-15-17-21-34(3)45(66-11)31-41-25-23-35(4)53(64)69-41/h15-17,20-21,29,32-33,35,37-43,45,48-49,51,56,58,61H,14,18-19,22-28,30-31H2,1-13H3/t33-,35?,37?,38?,39?,40?,41?,42?,43?,45?,48?,49?,51?/m1/s1. The van der Waals surface area contributed by atoms with E-state index in [1.54, 1.807) is 47.8 Å². The minimum atomic E-state index is -1.28. The first-order chi connectivity index (χ1) is 33.0. The molecule has 3 heterocycles. The average Bonchev–Trinajstić information content (AvgIpc) is 3.33. The summed E-state index contributed by atoms with van der Waals surface area (Å²) >= 11 is 0. The number of nitrogens with one attached hydrogen (secondary N) is 1. The average molecular weight is 983 g/mol. The zero-order valence-electron chi connectivity index (χ0n) is 44.4. The molecule has 1 amide bonds. The Labute approximate surface area is 417 Å². The number of likely N-dealkylation sites (tertiary alicyclic amines) is 1. The van der Waals surface area contributed by atoms with Gasteiger partial charge >= 0.3 is 11.9 Å². The van der Waals surface area contributed by atoms with Gasteiger partial charge in [-0.2, -0.15) is 0 Å². The number of cyclic esters (lactones) is 1. The second-order valence-electron chi connectivity index (χ2n) is 20.8. The highest BCUT2D eigenvalue weighted by Gasteiger charge is 2.42. The van der Waals surface area contributed by atoms with Crippen LogP contribution in [0.4, 0.5) is 0 Å². The third-order valence-electron chi connectivity index (χ3n) is 14.6. The van der Waals surface area contributed by atoms with Crippen molar-refractivity contribution in [3.63, 3.8) is 0 Å². The summed E-state index contributed by atoms with van der Waals surface area (Å²) < 4.78 is 28.4. The number of aliphatic hydroxyl groups excluding tert-OH is 2. The molecule has 12 unspecified atom stereocenters. The second-order valence-corrected chi connectivity index (χ2v) is 20.8. The van der Waals surface area contributed by atoms with Crippen molar-refractivity contribution in [1.29, 1.82) is 0 Å². The number of allylic oxidation sites excluding steroid dienone is 8. The Morgan fingerprint density at radius 1 is 0.914 bits per heavy atom. The van der Waals surface area contributed by atoms with Gasteiger partial charge in [0, 0.05) is 69.6 Å². The molecule has 3 aliphatic rings. The number of carbonyl (C=O) groups excluding carboxylic acids is 6. The number of ether oxygens (including phenoxy) is 5. The molecule has 0 saturated carbocycles. The van der Waals surface area contributed by atoms with Crippen molar-refractivity contribution < 1.29 is 62.7 Å². The highest BCUT2D eigenvalue weighted by molar-refractivity contribution is 6.38. The summed E-state index contributed by atoms with van der Waals surface area (Å²) in [4.78, 5) is 81.9. The van der Waals surface area contributed by atoms with Crippen LogP contribution >= 0.6 is 0 Å². The number of ketones is 3. The third-order valence-corrected chi connectivity index (χ3v) is 14.6. The molecule has 3 saturated heterocycles. The number of carbonyl (C=O) groups is 6. The molecule has 15 heteroatoms. The van der Waals surface area contributed by atoms with Crippen molar-refractivity contribution in [1.82, 2.24) is 10.2 Å². The van der Waals surface area contributed by atoms with Gasteiger partial charge in [0.1, 0.15) is 30.2 Å². The molecule has 0 radical (unpaired) electrons. The van der Waals surface area contributed by atoms with Crippen LogP contribution in [0.3, 0.4) is 0 Å². The van der Waals surface area contributed by atoms with Gasteiger partial charge in [-0.25, -0.2) is 4.79 Å². The number of esters is 2. The van der Waals surface area contributed by atoms with Crippen LogP contribution < -0.4 is 5.32 Å². The van der Waals surface area contributed by atoms with E-state index in [1.165, 1.54) is 25.2 Å². The Hall–Kier alpha value is -4.12. The summed E-state index contributed by atoms with van der Waals surface area (Å²) in [6.45, 7) is 18.2. The van der Waals surface area contributed by atoms with Crippen molar-refractivity contribution >= 4 is 35.2 Å². The van der Waals surface area contributed by atoms with E-state index in [-0.39, 0.29) is 59.7 Å². The van der Waals surface area contributed by atoms with Crippen molar-refractivity contribution in [3.05, 3.63) is 59.4 Å². The van der Waals surface area contributed by atoms with E-state index in [0.29, 0.717) is 57.8 Å². The molecular weight excluding hydrogens is 897 g/mol. The fourth-order valence-electron chi connectivity index (χ4n) is 9.31. The minimum absolute atomic E-state index is 0.0207. The van der Waals surface area contributed by atoms with Gasteiger partial charge in [-0.1, -0.05) is 91.8 Å². The molecule has 15 nitrogen and oxygen atoms in total. The molecule has 3 fully saturated rings. The molecule has 0 aromatic heterocycles. The number of hydrogen-bond acceptors (Lipinski definition) is 14. The molecule has 0 spiro atoms. The first-order valence-corrected chi connectivity index (χ1v) is 25.5. The van der Waals surface area contributed by atoms with Crippen molar-refractivity contribution in [2.24, 2.45) is 35.0 Å². The molecule has 3 rings (SSSR count). The van der Waals surface area contributed by atoms with Gasteiger partial charge in [0.25, 0.3) is 5.91 Å². The maximum Gasteiger partial charge on any atom is 0.333 e. The van der Waals surface area contributed by atoms with Crippen LogP contribution in [0.1, 0.15) is 140 Å². The van der Waals surface area contributed by atoms with Gasteiger partial charge in [-0.05, 0) is 95.1 Å². The quantitative estimate of drug-likeness (QED) is 0.0253. The topological polar surface area (TPSA) is 204 Å². The fourth-order valence-corrected chi connectivity index (χ4v) is 9.31. The van der Waals surface area contributed by atoms with Crippen LogP contribution in [0.25, 0.3) is 0 Å². The van der Waals surface area contributed by atoms with Crippen LogP contribution in [0.5, 0.6) is 0 Å². The van der Waals surface area contributed by atoms with E-state index in [9.17, 15) is 39.0 Å². The highest BCUT2D eigenvalue weighted by atomic mass is 16.6. The number of nitrogens with zero attached hydrogens (tertiary/aromatic N) is 1. The van der Waals surface area contributed by atoms with Crippen molar-refractivity contribution in [2.75, 3.05) is 27.9 Å². The second kappa shape index (κ2) is 28.8. The molecular formula is C55H86N2O13. The maximum atomic E-state index is 14.0. The zero-order valence-corrected chi connectivity index (χ0v) is 44.4. The van der Waals surface area contributed by atoms with E-state index >= 15 is 0 Å². The molecule has 3 aliphatic heterocycles. The summed E-state index contributed by atoms with van der Waals surface area (Å²) in [5.41, 5.74) is 0.341. The number of aliphatic hydroxyl groups is 2. The van der Waals surface area contributed by atoms with E-state index in [1.807, 2.05) is 65.0 Å². The van der Waals surface area contributed by atoms with Gasteiger partial charge in [-0.15, -0.1) is 0 Å². The lowest BCUT2D eigenvalue weighted by Crippen LogP contribution is -2.53. The lowest BCUT2D eigenvalue weighted by molar-refractivity contribution is -0.161.